The molecule has 0 spiro atoms. The fraction of sp³-hybridized carbons (Fsp3) is 0.0909. The second kappa shape index (κ2) is 7.16. The third-order valence-electron chi connectivity index (χ3n) is 5.20. The minimum atomic E-state index is -4.69. The van der Waals surface area contributed by atoms with E-state index in [0.29, 0.717) is 27.9 Å². The normalized spacial score (nSPS) is 16.5. The number of alkyl halides is 3. The van der Waals surface area contributed by atoms with E-state index in [1.807, 2.05) is 0 Å². The van der Waals surface area contributed by atoms with Crippen molar-refractivity contribution in [2.75, 3.05) is 4.90 Å². The largest absolute Gasteiger partial charge is 0.443 e. The number of pyridine rings is 1. The minimum Gasteiger partial charge on any atom is -0.443 e. The first-order valence-electron chi connectivity index (χ1n) is 9.28. The molecule has 32 heavy (non-hydrogen) atoms. The van der Waals surface area contributed by atoms with Crippen molar-refractivity contribution in [3.63, 3.8) is 0 Å². The van der Waals surface area contributed by atoms with Gasteiger partial charge < -0.3 is 4.42 Å². The van der Waals surface area contributed by atoms with Crippen molar-refractivity contribution in [1.82, 2.24) is 9.97 Å². The van der Waals surface area contributed by atoms with Crippen molar-refractivity contribution >= 4 is 40.2 Å². The maximum Gasteiger partial charge on any atom is 0.417 e. The lowest BCUT2D eigenvalue weighted by atomic mass is 9.84. The molecule has 6 nitrogen and oxygen atoms in total. The molecule has 1 aliphatic rings. The Morgan fingerprint density at radius 3 is 2.47 bits per heavy atom. The van der Waals surface area contributed by atoms with Crippen LogP contribution in [-0.4, -0.2) is 21.8 Å². The van der Waals surface area contributed by atoms with Crippen LogP contribution in [-0.2, 0) is 11.0 Å². The first kappa shape index (κ1) is 20.2. The van der Waals surface area contributed by atoms with Gasteiger partial charge in [-0.25, -0.2) is 9.88 Å². The summed E-state index contributed by atoms with van der Waals surface area (Å²) in [6.07, 6.45) is -2.88. The van der Waals surface area contributed by atoms with E-state index < -0.39 is 29.5 Å². The smallest absolute Gasteiger partial charge is 0.417 e. The van der Waals surface area contributed by atoms with E-state index in [1.54, 1.807) is 6.07 Å². The number of carbonyl (C=O) groups is 2. The fourth-order valence-corrected chi connectivity index (χ4v) is 3.83. The van der Waals surface area contributed by atoms with Crippen molar-refractivity contribution in [2.45, 2.75) is 12.1 Å². The molecule has 2 aromatic heterocycles. The summed E-state index contributed by atoms with van der Waals surface area (Å²) in [5.74, 6) is -2.74. The Labute approximate surface area is 183 Å². The molecule has 0 N–H and O–H groups in total. The Kier molecular flexibility index (Phi) is 4.52. The molecule has 1 aliphatic heterocycles. The molecule has 3 heterocycles. The van der Waals surface area contributed by atoms with Crippen molar-refractivity contribution in [2.24, 2.45) is 0 Å². The second-order valence-corrected chi connectivity index (χ2v) is 7.56. The highest BCUT2D eigenvalue weighted by molar-refractivity contribution is 6.30. The van der Waals surface area contributed by atoms with Crippen LogP contribution in [0.25, 0.3) is 11.1 Å². The highest BCUT2D eigenvalue weighted by atomic mass is 35.5. The number of hydrogen-bond donors (Lipinski definition) is 0. The van der Waals surface area contributed by atoms with Crippen LogP contribution < -0.4 is 4.90 Å². The molecule has 0 radical (unpaired) electrons. The molecular weight excluding hydrogens is 447 g/mol. The summed E-state index contributed by atoms with van der Waals surface area (Å²) in [5.41, 5.74) is 0.0258. The topological polar surface area (TPSA) is 76.3 Å². The highest BCUT2D eigenvalue weighted by Crippen LogP contribution is 2.39. The molecule has 4 aromatic rings. The molecule has 2 aromatic carbocycles. The van der Waals surface area contributed by atoms with Gasteiger partial charge in [0.15, 0.2) is 12.0 Å². The molecular formula is C22H11ClF3N3O3. The Hall–Kier alpha value is -3.72. The first-order valence-corrected chi connectivity index (χ1v) is 9.66. The number of aromatic nitrogens is 2. The zero-order valence-corrected chi connectivity index (χ0v) is 16.7. The van der Waals surface area contributed by atoms with Crippen LogP contribution in [0.5, 0.6) is 0 Å². The number of rotatable bonds is 2. The third kappa shape index (κ3) is 3.21. The highest BCUT2D eigenvalue weighted by Gasteiger charge is 2.43. The number of nitrogens with zero attached hydrogens (tertiary/aromatic N) is 3. The van der Waals surface area contributed by atoms with Crippen LogP contribution in [0.15, 0.2) is 65.5 Å². The van der Waals surface area contributed by atoms with E-state index in [2.05, 4.69) is 9.97 Å². The summed E-state index contributed by atoms with van der Waals surface area (Å²) in [4.78, 5) is 35.4. The molecule has 0 saturated heterocycles. The number of oxazole rings is 1. The maximum absolute atomic E-state index is 13.5. The molecule has 0 bridgehead atoms. The van der Waals surface area contributed by atoms with Gasteiger partial charge in [-0.1, -0.05) is 23.7 Å². The van der Waals surface area contributed by atoms with Crippen molar-refractivity contribution in [1.29, 1.82) is 0 Å². The molecule has 0 aliphatic carbocycles. The Bertz CT molecular complexity index is 1380. The van der Waals surface area contributed by atoms with Crippen molar-refractivity contribution < 1.29 is 27.2 Å². The number of halogens is 4. The standard InChI is InChI=1S/C22H11ClF3N3O3/c23-13-3-1-11(2-4-13)18-15-7-12(22(24,25)26)9-27-19(15)21(31)29(20(18)30)14-5-6-16-17(8-14)32-10-28-16/h1-10,18H. The van der Waals surface area contributed by atoms with Crippen LogP contribution in [0.3, 0.4) is 0 Å². The van der Waals surface area contributed by atoms with E-state index in [0.717, 1.165) is 11.0 Å². The quantitative estimate of drug-likeness (QED) is 0.386. The van der Waals surface area contributed by atoms with Crippen LogP contribution in [0.1, 0.15) is 33.1 Å². The summed E-state index contributed by atoms with van der Waals surface area (Å²) >= 11 is 5.94. The number of fused-ring (bicyclic) bond motifs is 2. The summed E-state index contributed by atoms with van der Waals surface area (Å²) in [6, 6.07) is 11.4. The lowest BCUT2D eigenvalue weighted by molar-refractivity contribution is -0.138. The predicted octanol–water partition coefficient (Wildman–Crippen LogP) is 5.21. The lowest BCUT2D eigenvalue weighted by Crippen LogP contribution is -2.46. The molecule has 10 heteroatoms. The average molecular weight is 458 g/mol. The summed E-state index contributed by atoms with van der Waals surface area (Å²) in [5, 5.41) is 0.392. The maximum atomic E-state index is 13.5. The van der Waals surface area contributed by atoms with Gasteiger partial charge in [-0.15, -0.1) is 0 Å². The van der Waals surface area contributed by atoms with Crippen LogP contribution >= 0.6 is 11.6 Å². The first-order chi connectivity index (χ1) is 15.2. The Balaban J connectivity index is 1.72. The molecule has 2 amide bonds. The van der Waals surface area contributed by atoms with E-state index in [1.165, 1.54) is 42.8 Å². The van der Waals surface area contributed by atoms with Gasteiger partial charge in [0, 0.05) is 22.8 Å². The molecule has 1 atom stereocenters. The number of carbonyl (C=O) groups excluding carboxylic acids is 2. The average Bonchev–Trinajstić information content (AvgIpc) is 3.22. The van der Waals surface area contributed by atoms with E-state index in [9.17, 15) is 22.8 Å². The number of amides is 2. The van der Waals surface area contributed by atoms with Gasteiger partial charge in [0.25, 0.3) is 5.91 Å². The summed E-state index contributed by atoms with van der Waals surface area (Å²) in [7, 11) is 0. The van der Waals surface area contributed by atoms with Gasteiger partial charge in [-0.2, -0.15) is 13.2 Å². The van der Waals surface area contributed by atoms with Gasteiger partial charge in [0.2, 0.25) is 5.91 Å². The van der Waals surface area contributed by atoms with Crippen LogP contribution in [0, 0.1) is 0 Å². The minimum absolute atomic E-state index is 0.117. The summed E-state index contributed by atoms with van der Waals surface area (Å²) in [6.45, 7) is 0. The monoisotopic (exact) mass is 457 g/mol. The molecule has 0 fully saturated rings. The van der Waals surface area contributed by atoms with Gasteiger partial charge in [0.1, 0.15) is 11.2 Å². The molecule has 5 rings (SSSR count). The van der Waals surface area contributed by atoms with Crippen LogP contribution in [0.2, 0.25) is 5.02 Å². The van der Waals surface area contributed by atoms with Crippen molar-refractivity contribution in [3.05, 3.63) is 88.5 Å². The fourth-order valence-electron chi connectivity index (χ4n) is 3.71. The molecule has 160 valence electrons. The van der Waals surface area contributed by atoms with E-state index >= 15 is 0 Å². The van der Waals surface area contributed by atoms with Gasteiger partial charge in [-0.05, 0) is 35.9 Å². The van der Waals surface area contributed by atoms with Gasteiger partial charge >= 0.3 is 6.18 Å². The summed E-state index contributed by atoms with van der Waals surface area (Å²) < 4.78 is 45.3. The predicted molar refractivity (Wildman–Crippen MR) is 108 cm³/mol. The number of benzene rings is 2. The SMILES string of the molecule is O=C1c2ncc(C(F)(F)F)cc2C(c2ccc(Cl)cc2)C(=O)N1c1ccc2ncoc2c1. The van der Waals surface area contributed by atoms with E-state index in [4.69, 9.17) is 16.0 Å². The second-order valence-electron chi connectivity index (χ2n) is 7.13. The number of anilines is 1. The lowest BCUT2D eigenvalue weighted by Gasteiger charge is -2.32. The molecule has 1 unspecified atom stereocenters. The molecule has 0 saturated carbocycles. The number of imide groups is 1. The van der Waals surface area contributed by atoms with E-state index in [-0.39, 0.29) is 16.9 Å². The Morgan fingerprint density at radius 1 is 1.00 bits per heavy atom. The van der Waals surface area contributed by atoms with Gasteiger partial charge in [-0.3, -0.25) is 14.6 Å². The third-order valence-corrected chi connectivity index (χ3v) is 5.46. The van der Waals surface area contributed by atoms with Crippen molar-refractivity contribution in [3.8, 4) is 0 Å². The zero-order valence-electron chi connectivity index (χ0n) is 15.9. The van der Waals surface area contributed by atoms with Crippen LogP contribution in [0.4, 0.5) is 18.9 Å². The number of hydrogen-bond acceptors (Lipinski definition) is 5. The zero-order chi connectivity index (χ0) is 22.6. The van der Waals surface area contributed by atoms with Gasteiger partial charge in [0.05, 0.1) is 17.2 Å². The Morgan fingerprint density at radius 2 is 1.75 bits per heavy atom.